The van der Waals surface area contributed by atoms with Crippen molar-refractivity contribution in [1.82, 2.24) is 9.55 Å². The van der Waals surface area contributed by atoms with Gasteiger partial charge in [0.15, 0.2) is 0 Å². The number of hydrogen-bond donors (Lipinski definition) is 2. The number of aromatic carboxylic acids is 1. The molecule has 1 saturated heterocycles. The first-order valence-electron chi connectivity index (χ1n) is 9.98. The van der Waals surface area contributed by atoms with Gasteiger partial charge < -0.3 is 20.1 Å². The van der Waals surface area contributed by atoms with Crippen LogP contribution in [-0.4, -0.2) is 46.9 Å². The van der Waals surface area contributed by atoms with Crippen LogP contribution in [0.5, 0.6) is 0 Å². The van der Waals surface area contributed by atoms with Gasteiger partial charge in [-0.2, -0.15) is 0 Å². The Bertz CT molecular complexity index is 1200. The van der Waals surface area contributed by atoms with Crippen LogP contribution in [0.2, 0.25) is 5.02 Å². The first-order valence-corrected chi connectivity index (χ1v) is 10.4. The highest BCUT2D eigenvalue weighted by Crippen LogP contribution is 2.30. The lowest BCUT2D eigenvalue weighted by atomic mass is 10.0. The first-order chi connectivity index (χ1) is 14.9. The maximum absolute atomic E-state index is 13.1. The lowest BCUT2D eigenvalue weighted by Crippen LogP contribution is -2.40. The summed E-state index contributed by atoms with van der Waals surface area (Å²) >= 11 is 6.34. The van der Waals surface area contributed by atoms with E-state index in [-0.39, 0.29) is 17.2 Å². The smallest absolute Gasteiger partial charge is 0.337 e. The minimum absolute atomic E-state index is 0.165. The number of halogens is 1. The summed E-state index contributed by atoms with van der Waals surface area (Å²) in [6, 6.07) is 9.72. The Morgan fingerprint density at radius 2 is 1.97 bits per heavy atom. The second-order valence-electron chi connectivity index (χ2n) is 7.48. The molecule has 31 heavy (non-hydrogen) atoms. The molecule has 4 rings (SSSR count). The van der Waals surface area contributed by atoms with E-state index in [2.05, 4.69) is 5.32 Å². The van der Waals surface area contributed by atoms with Crippen LogP contribution < -0.4 is 15.8 Å². The van der Waals surface area contributed by atoms with E-state index in [9.17, 15) is 14.7 Å². The van der Waals surface area contributed by atoms with E-state index in [1.54, 1.807) is 37.4 Å². The molecule has 1 aromatic heterocycles. The number of carboxylic acid groups (broad SMARTS) is 1. The zero-order chi connectivity index (χ0) is 22.1. The number of aromatic nitrogens is 2. The third kappa shape index (κ3) is 4.08. The quantitative estimate of drug-likeness (QED) is 0.625. The van der Waals surface area contributed by atoms with Crippen LogP contribution in [0.1, 0.15) is 28.9 Å². The van der Waals surface area contributed by atoms with Gasteiger partial charge in [0.05, 0.1) is 35.7 Å². The summed E-state index contributed by atoms with van der Waals surface area (Å²) in [6.45, 7) is 4.33. The summed E-state index contributed by atoms with van der Waals surface area (Å²) in [5.41, 5.74) is 1.72. The van der Waals surface area contributed by atoms with Crippen LogP contribution in [0, 0.1) is 0 Å². The third-order valence-corrected chi connectivity index (χ3v) is 5.66. The number of rotatable bonds is 5. The number of benzene rings is 2. The molecular weight excluding hydrogens is 420 g/mol. The average Bonchev–Trinajstić information content (AvgIpc) is 2.77. The van der Waals surface area contributed by atoms with Crippen molar-refractivity contribution in [2.45, 2.75) is 13.0 Å². The lowest BCUT2D eigenvalue weighted by molar-refractivity contribution is 0.0698. The molecule has 0 radical (unpaired) electrons. The van der Waals surface area contributed by atoms with Crippen molar-refractivity contribution in [3.05, 3.63) is 62.9 Å². The van der Waals surface area contributed by atoms with E-state index < -0.39 is 5.97 Å². The molecule has 1 aliphatic rings. The van der Waals surface area contributed by atoms with E-state index >= 15 is 0 Å². The molecular formula is C22H23ClN4O4. The van der Waals surface area contributed by atoms with Crippen molar-refractivity contribution < 1.29 is 14.6 Å². The summed E-state index contributed by atoms with van der Waals surface area (Å²) in [5.74, 6) is -0.449. The standard InChI is InChI=1S/C22H23ClN4O4/c1-13(24-18-6-4-3-5-15(18)21(29)30)16-11-14(23)12-17-19(16)25-22(26(2)20(17)28)27-7-9-31-10-8-27/h3-6,11-13,24H,7-10H2,1-2H3,(H,29,30)/t13-/m0/s1. The molecule has 0 spiro atoms. The van der Waals surface area contributed by atoms with Gasteiger partial charge in [-0.25, -0.2) is 9.78 Å². The number of hydrogen-bond acceptors (Lipinski definition) is 6. The second kappa shape index (κ2) is 8.56. The molecule has 2 heterocycles. The maximum Gasteiger partial charge on any atom is 0.337 e. The van der Waals surface area contributed by atoms with Crippen LogP contribution in [-0.2, 0) is 11.8 Å². The zero-order valence-electron chi connectivity index (χ0n) is 17.3. The molecule has 2 N–H and O–H groups in total. The molecule has 162 valence electrons. The fourth-order valence-corrected chi connectivity index (χ4v) is 4.06. The molecule has 1 aliphatic heterocycles. The summed E-state index contributed by atoms with van der Waals surface area (Å²) in [5, 5.41) is 13.6. The van der Waals surface area contributed by atoms with Crippen LogP contribution in [0.15, 0.2) is 41.2 Å². The van der Waals surface area contributed by atoms with Crippen molar-refractivity contribution in [1.29, 1.82) is 0 Å². The van der Waals surface area contributed by atoms with Gasteiger partial charge in [-0.15, -0.1) is 0 Å². The zero-order valence-corrected chi connectivity index (χ0v) is 18.0. The molecule has 0 bridgehead atoms. The van der Waals surface area contributed by atoms with E-state index in [1.165, 1.54) is 10.6 Å². The summed E-state index contributed by atoms with van der Waals surface area (Å²) < 4.78 is 6.95. The Labute approximate surface area is 184 Å². The van der Waals surface area contributed by atoms with Gasteiger partial charge in [0.25, 0.3) is 5.56 Å². The van der Waals surface area contributed by atoms with E-state index in [0.29, 0.717) is 53.9 Å². The van der Waals surface area contributed by atoms with Gasteiger partial charge in [-0.1, -0.05) is 23.7 Å². The van der Waals surface area contributed by atoms with Crippen molar-refractivity contribution in [3.63, 3.8) is 0 Å². The Morgan fingerprint density at radius 3 is 2.68 bits per heavy atom. The fourth-order valence-electron chi connectivity index (χ4n) is 3.84. The number of fused-ring (bicyclic) bond motifs is 1. The Balaban J connectivity index is 1.83. The van der Waals surface area contributed by atoms with E-state index in [4.69, 9.17) is 21.3 Å². The van der Waals surface area contributed by atoms with Gasteiger partial charge in [0.1, 0.15) is 0 Å². The topological polar surface area (TPSA) is 96.7 Å². The van der Waals surface area contributed by atoms with Gasteiger partial charge in [-0.3, -0.25) is 9.36 Å². The number of ether oxygens (including phenoxy) is 1. The number of morpholine rings is 1. The molecule has 1 fully saturated rings. The number of nitrogens with one attached hydrogen (secondary N) is 1. The van der Waals surface area contributed by atoms with Gasteiger partial charge in [0.2, 0.25) is 5.95 Å². The van der Waals surface area contributed by atoms with Crippen LogP contribution in [0.4, 0.5) is 11.6 Å². The lowest BCUT2D eigenvalue weighted by Gasteiger charge is -2.29. The molecule has 2 aromatic carbocycles. The predicted molar refractivity (Wildman–Crippen MR) is 120 cm³/mol. The molecule has 3 aromatic rings. The van der Waals surface area contributed by atoms with Gasteiger partial charge in [-0.05, 0) is 31.2 Å². The Hall–Kier alpha value is -3.10. The predicted octanol–water partition coefficient (Wildman–Crippen LogP) is 3.29. The van der Waals surface area contributed by atoms with Crippen LogP contribution in [0.25, 0.3) is 10.9 Å². The number of anilines is 2. The number of carbonyl (C=O) groups is 1. The first kappa shape index (κ1) is 21.1. The van der Waals surface area contributed by atoms with Crippen molar-refractivity contribution in [2.24, 2.45) is 7.05 Å². The molecule has 0 unspecified atom stereocenters. The fraction of sp³-hybridized carbons (Fsp3) is 0.318. The number of para-hydroxylation sites is 1. The average molecular weight is 443 g/mol. The second-order valence-corrected chi connectivity index (χ2v) is 7.92. The van der Waals surface area contributed by atoms with Crippen molar-refractivity contribution in [2.75, 3.05) is 36.5 Å². The maximum atomic E-state index is 13.1. The van der Waals surface area contributed by atoms with Gasteiger partial charge >= 0.3 is 5.97 Å². The molecule has 9 heteroatoms. The van der Waals surface area contributed by atoms with Crippen molar-refractivity contribution in [3.8, 4) is 0 Å². The largest absolute Gasteiger partial charge is 0.478 e. The van der Waals surface area contributed by atoms with Gasteiger partial charge in [0, 0.05) is 36.4 Å². The molecule has 0 amide bonds. The SMILES string of the molecule is C[C@H](Nc1ccccc1C(=O)O)c1cc(Cl)cc2c(=O)n(C)c(N3CCOCC3)nc12. The van der Waals surface area contributed by atoms with Crippen LogP contribution in [0.3, 0.4) is 0 Å². The molecule has 1 atom stereocenters. The molecule has 0 aliphatic carbocycles. The summed E-state index contributed by atoms with van der Waals surface area (Å²) in [7, 11) is 1.70. The Kier molecular flexibility index (Phi) is 5.84. The van der Waals surface area contributed by atoms with Crippen LogP contribution >= 0.6 is 11.6 Å². The highest BCUT2D eigenvalue weighted by Gasteiger charge is 2.22. The minimum Gasteiger partial charge on any atom is -0.478 e. The molecule has 0 saturated carbocycles. The monoisotopic (exact) mass is 442 g/mol. The van der Waals surface area contributed by atoms with Crippen molar-refractivity contribution >= 4 is 40.1 Å². The minimum atomic E-state index is -1.02. The number of carboxylic acids is 1. The Morgan fingerprint density at radius 1 is 1.26 bits per heavy atom. The normalized spacial score (nSPS) is 15.1. The highest BCUT2D eigenvalue weighted by atomic mass is 35.5. The molecule has 8 nitrogen and oxygen atoms in total. The summed E-state index contributed by atoms with van der Waals surface area (Å²) in [4.78, 5) is 31.6. The number of nitrogens with zero attached hydrogens (tertiary/aromatic N) is 3. The van der Waals surface area contributed by atoms with E-state index in [0.717, 1.165) is 5.56 Å². The van der Waals surface area contributed by atoms with E-state index in [1.807, 2.05) is 11.8 Å². The summed E-state index contributed by atoms with van der Waals surface area (Å²) in [6.07, 6.45) is 0. The third-order valence-electron chi connectivity index (χ3n) is 5.44. The highest BCUT2D eigenvalue weighted by molar-refractivity contribution is 6.31.